The summed E-state index contributed by atoms with van der Waals surface area (Å²) in [6.07, 6.45) is 3.08. The van der Waals surface area contributed by atoms with Crippen molar-refractivity contribution in [2.45, 2.75) is 26.8 Å². The average molecular weight is 494 g/mol. The molecule has 0 aliphatic carbocycles. The highest BCUT2D eigenvalue weighted by atomic mass is 32.1. The first kappa shape index (κ1) is 24.1. The van der Waals surface area contributed by atoms with Crippen molar-refractivity contribution >= 4 is 39.9 Å². The van der Waals surface area contributed by atoms with Crippen LogP contribution in [0, 0.1) is 13.8 Å². The highest BCUT2D eigenvalue weighted by Crippen LogP contribution is 2.44. The van der Waals surface area contributed by atoms with E-state index in [4.69, 9.17) is 9.47 Å². The third kappa shape index (κ3) is 4.28. The number of aromatic nitrogens is 2. The Kier molecular flexibility index (Phi) is 6.65. The molecule has 3 heterocycles. The van der Waals surface area contributed by atoms with Gasteiger partial charge >= 0.3 is 11.9 Å². The highest BCUT2D eigenvalue weighted by Gasteiger charge is 2.48. The number of aryl methyl sites for hydroxylation is 2. The number of carbonyl (C=O) groups is 3. The number of benzene rings is 1. The van der Waals surface area contributed by atoms with Crippen LogP contribution in [0.25, 0.3) is 5.76 Å². The molecule has 1 aromatic carbocycles. The summed E-state index contributed by atoms with van der Waals surface area (Å²) in [7, 11) is 1.54. The van der Waals surface area contributed by atoms with Crippen LogP contribution in [-0.4, -0.2) is 46.5 Å². The number of anilines is 1. The number of Topliss-reactive ketones (excluding diaryl/α,β-unsaturated/α-hetero) is 1. The molecule has 3 aromatic rings. The fraction of sp³-hybridized carbons (Fsp3) is 0.240. The lowest BCUT2D eigenvalue weighted by atomic mass is 9.96. The van der Waals surface area contributed by atoms with Crippen LogP contribution in [0.15, 0.2) is 48.3 Å². The minimum absolute atomic E-state index is 0.0990. The number of hydrogen-bond acceptors (Lipinski definition) is 9. The van der Waals surface area contributed by atoms with E-state index in [0.717, 1.165) is 16.9 Å². The second kappa shape index (κ2) is 9.67. The van der Waals surface area contributed by atoms with Gasteiger partial charge < -0.3 is 14.6 Å². The van der Waals surface area contributed by atoms with Crippen LogP contribution in [0.3, 0.4) is 0 Å². The van der Waals surface area contributed by atoms with Gasteiger partial charge in [0, 0.05) is 18.0 Å². The molecule has 1 N–H and O–H groups in total. The minimum atomic E-state index is -0.994. The van der Waals surface area contributed by atoms with Crippen LogP contribution >= 0.6 is 11.3 Å². The second-order valence-corrected chi connectivity index (χ2v) is 8.75. The minimum Gasteiger partial charge on any atom is -0.507 e. The number of aliphatic hydroxyl groups excluding tert-OH is 1. The Morgan fingerprint density at radius 2 is 2.00 bits per heavy atom. The maximum absolute atomic E-state index is 13.3. The van der Waals surface area contributed by atoms with Gasteiger partial charge in [-0.25, -0.2) is 9.78 Å². The van der Waals surface area contributed by atoms with E-state index >= 15 is 0 Å². The third-order valence-electron chi connectivity index (χ3n) is 5.57. The number of ether oxygens (including phenoxy) is 2. The molecular formula is C25H23N3O6S. The predicted octanol–water partition coefficient (Wildman–Crippen LogP) is 3.97. The number of carbonyl (C=O) groups excluding carboxylic acids is 3. The number of rotatable bonds is 6. The topological polar surface area (TPSA) is 119 Å². The van der Waals surface area contributed by atoms with Crippen molar-refractivity contribution in [1.29, 1.82) is 0 Å². The highest BCUT2D eigenvalue weighted by molar-refractivity contribution is 7.17. The normalized spacial score (nSPS) is 17.0. The molecule has 0 radical (unpaired) electrons. The first-order valence-electron chi connectivity index (χ1n) is 10.8. The zero-order chi connectivity index (χ0) is 25.3. The van der Waals surface area contributed by atoms with Gasteiger partial charge in [-0.05, 0) is 56.2 Å². The number of amides is 1. The molecule has 1 amide bonds. The molecule has 10 heteroatoms. The van der Waals surface area contributed by atoms with Crippen molar-refractivity contribution < 1.29 is 29.0 Å². The Labute approximate surface area is 205 Å². The Morgan fingerprint density at radius 3 is 2.63 bits per heavy atom. The lowest BCUT2D eigenvalue weighted by Gasteiger charge is -2.22. The summed E-state index contributed by atoms with van der Waals surface area (Å²) < 4.78 is 10.4. The largest absolute Gasteiger partial charge is 0.507 e. The zero-order valence-corrected chi connectivity index (χ0v) is 20.4. The van der Waals surface area contributed by atoms with E-state index in [1.54, 1.807) is 50.4 Å². The van der Waals surface area contributed by atoms with Crippen LogP contribution in [-0.2, 0) is 14.3 Å². The SMILES string of the molecule is CCOC(=O)c1sc(N2C(=O)C(=O)C(=C(O)c3ccc(OC)c(C)c3)[C@H]2c2cccnc2)nc1C. The van der Waals surface area contributed by atoms with Crippen LogP contribution in [0.5, 0.6) is 5.75 Å². The number of hydrogen-bond donors (Lipinski definition) is 1. The molecule has 0 unspecified atom stereocenters. The summed E-state index contributed by atoms with van der Waals surface area (Å²) in [4.78, 5) is 48.8. The van der Waals surface area contributed by atoms with Crippen molar-refractivity contribution in [1.82, 2.24) is 9.97 Å². The zero-order valence-electron chi connectivity index (χ0n) is 19.6. The molecule has 4 rings (SSSR count). The fourth-order valence-electron chi connectivity index (χ4n) is 3.94. The summed E-state index contributed by atoms with van der Waals surface area (Å²) in [5, 5.41) is 11.4. The van der Waals surface area contributed by atoms with Gasteiger partial charge in [-0.15, -0.1) is 0 Å². The van der Waals surface area contributed by atoms with Crippen LogP contribution in [0.4, 0.5) is 5.13 Å². The van der Waals surface area contributed by atoms with Crippen molar-refractivity contribution in [3.63, 3.8) is 0 Å². The van der Waals surface area contributed by atoms with Gasteiger partial charge in [0.1, 0.15) is 16.4 Å². The number of esters is 1. The molecular weight excluding hydrogens is 470 g/mol. The maximum Gasteiger partial charge on any atom is 0.350 e. The maximum atomic E-state index is 13.3. The standard InChI is InChI=1S/C25H23N3O6S/c1-5-34-24(32)22-14(3)27-25(35-22)28-19(16-7-6-10-26-12-16)18(21(30)23(28)31)20(29)15-8-9-17(33-4)13(2)11-15/h6-12,19,29H,5H2,1-4H3/t19-/m1/s1. The molecule has 9 nitrogen and oxygen atoms in total. The molecule has 1 fully saturated rings. The number of aliphatic hydroxyl groups is 1. The van der Waals surface area contributed by atoms with E-state index in [0.29, 0.717) is 22.6 Å². The Morgan fingerprint density at radius 1 is 1.23 bits per heavy atom. The quantitative estimate of drug-likeness (QED) is 0.237. The summed E-state index contributed by atoms with van der Waals surface area (Å²) in [6.45, 7) is 5.31. The second-order valence-electron chi connectivity index (χ2n) is 7.77. The molecule has 1 atom stereocenters. The molecule has 1 saturated heterocycles. The van der Waals surface area contributed by atoms with E-state index in [2.05, 4.69) is 9.97 Å². The van der Waals surface area contributed by atoms with Gasteiger partial charge in [-0.2, -0.15) is 0 Å². The molecule has 2 aromatic heterocycles. The molecule has 0 bridgehead atoms. The molecule has 35 heavy (non-hydrogen) atoms. The molecule has 1 aliphatic heterocycles. The van der Waals surface area contributed by atoms with Gasteiger partial charge in [-0.3, -0.25) is 19.5 Å². The van der Waals surface area contributed by atoms with Crippen LogP contribution in [0.1, 0.15) is 45.0 Å². The molecule has 180 valence electrons. The van der Waals surface area contributed by atoms with Crippen LogP contribution in [0.2, 0.25) is 0 Å². The van der Waals surface area contributed by atoms with E-state index in [9.17, 15) is 19.5 Å². The lowest BCUT2D eigenvalue weighted by molar-refractivity contribution is -0.132. The number of ketones is 1. The summed E-state index contributed by atoms with van der Waals surface area (Å²) in [5.74, 6) is -2.00. The van der Waals surface area contributed by atoms with Gasteiger partial charge in [-0.1, -0.05) is 17.4 Å². The number of thiazole rings is 1. The predicted molar refractivity (Wildman–Crippen MR) is 130 cm³/mol. The van der Waals surface area contributed by atoms with E-state index in [1.807, 2.05) is 6.92 Å². The lowest BCUT2D eigenvalue weighted by Crippen LogP contribution is -2.29. The molecule has 0 saturated carbocycles. The summed E-state index contributed by atoms with van der Waals surface area (Å²) in [6, 6.07) is 7.34. The smallest absolute Gasteiger partial charge is 0.350 e. The fourth-order valence-corrected chi connectivity index (χ4v) is 4.92. The number of methoxy groups -OCH3 is 1. The van der Waals surface area contributed by atoms with E-state index in [1.165, 1.54) is 18.2 Å². The van der Waals surface area contributed by atoms with Gasteiger partial charge in [0.15, 0.2) is 5.13 Å². The van der Waals surface area contributed by atoms with Crippen LogP contribution < -0.4 is 9.64 Å². The first-order valence-corrected chi connectivity index (χ1v) is 11.6. The summed E-state index contributed by atoms with van der Waals surface area (Å²) in [5.41, 5.74) is 1.89. The monoisotopic (exact) mass is 493 g/mol. The Hall–Kier alpha value is -4.05. The van der Waals surface area contributed by atoms with Crippen molar-refractivity contribution in [3.8, 4) is 5.75 Å². The van der Waals surface area contributed by atoms with E-state index < -0.39 is 23.7 Å². The van der Waals surface area contributed by atoms with Gasteiger partial charge in [0.25, 0.3) is 5.78 Å². The van der Waals surface area contributed by atoms with Gasteiger partial charge in [0.2, 0.25) is 0 Å². The third-order valence-corrected chi connectivity index (χ3v) is 6.70. The van der Waals surface area contributed by atoms with Crippen molar-refractivity contribution in [2.24, 2.45) is 0 Å². The Balaban J connectivity index is 1.89. The van der Waals surface area contributed by atoms with E-state index in [-0.39, 0.29) is 27.9 Å². The Bertz CT molecular complexity index is 1350. The van der Waals surface area contributed by atoms with Crippen molar-refractivity contribution in [2.75, 3.05) is 18.6 Å². The van der Waals surface area contributed by atoms with Gasteiger partial charge in [0.05, 0.1) is 31.0 Å². The first-order chi connectivity index (χ1) is 16.8. The number of pyridine rings is 1. The van der Waals surface area contributed by atoms with Crippen molar-refractivity contribution in [3.05, 3.63) is 75.6 Å². The average Bonchev–Trinajstić information content (AvgIpc) is 3.36. The molecule has 0 spiro atoms. The molecule has 1 aliphatic rings. The summed E-state index contributed by atoms with van der Waals surface area (Å²) >= 11 is 0.952. The number of nitrogens with zero attached hydrogens (tertiary/aromatic N) is 3.